The Labute approximate surface area is 158 Å². The molecule has 1 saturated heterocycles. The van der Waals surface area contributed by atoms with Gasteiger partial charge in [-0.2, -0.15) is 0 Å². The maximum Gasteiger partial charge on any atom is 0.309 e. The van der Waals surface area contributed by atoms with Crippen LogP contribution in [0, 0.1) is 0 Å². The van der Waals surface area contributed by atoms with Crippen molar-refractivity contribution in [2.45, 2.75) is 32.2 Å². The van der Waals surface area contributed by atoms with E-state index in [1.165, 1.54) is 24.9 Å². The number of nitrogens with zero attached hydrogens (tertiary/aromatic N) is 1. The van der Waals surface area contributed by atoms with Crippen molar-refractivity contribution in [3.05, 3.63) is 52.2 Å². The molecule has 5 nitrogen and oxygen atoms in total. The summed E-state index contributed by atoms with van der Waals surface area (Å²) in [6.07, 6.45) is 4.57. The van der Waals surface area contributed by atoms with Gasteiger partial charge < -0.3 is 15.5 Å². The smallest absolute Gasteiger partial charge is 0.309 e. The molecule has 1 fully saturated rings. The zero-order valence-electron chi connectivity index (χ0n) is 14.9. The molecule has 0 radical (unpaired) electrons. The third-order valence-corrected chi connectivity index (χ3v) is 5.44. The lowest BCUT2D eigenvalue weighted by Gasteiger charge is -2.28. The summed E-state index contributed by atoms with van der Waals surface area (Å²) < 4.78 is 0. The van der Waals surface area contributed by atoms with Gasteiger partial charge in [0.05, 0.1) is 6.54 Å². The third kappa shape index (κ3) is 5.33. The van der Waals surface area contributed by atoms with Crippen molar-refractivity contribution < 1.29 is 9.59 Å². The predicted octanol–water partition coefficient (Wildman–Crippen LogP) is 2.71. The number of rotatable bonds is 6. The van der Waals surface area contributed by atoms with Crippen molar-refractivity contribution in [2.75, 3.05) is 24.5 Å². The van der Waals surface area contributed by atoms with Crippen LogP contribution in [-0.2, 0) is 22.6 Å². The molecular weight excluding hydrogens is 346 g/mol. The van der Waals surface area contributed by atoms with Crippen molar-refractivity contribution >= 4 is 28.8 Å². The average molecular weight is 372 g/mol. The highest BCUT2D eigenvalue weighted by atomic mass is 32.1. The highest BCUT2D eigenvalue weighted by Crippen LogP contribution is 2.20. The Morgan fingerprint density at radius 1 is 0.962 bits per heavy atom. The number of hydrogen-bond acceptors (Lipinski definition) is 4. The van der Waals surface area contributed by atoms with E-state index >= 15 is 0 Å². The van der Waals surface area contributed by atoms with Crippen molar-refractivity contribution in [3.63, 3.8) is 0 Å². The van der Waals surface area contributed by atoms with Crippen molar-refractivity contribution in [1.29, 1.82) is 0 Å². The van der Waals surface area contributed by atoms with Gasteiger partial charge in [-0.3, -0.25) is 9.59 Å². The quantitative estimate of drug-likeness (QED) is 0.768. The Morgan fingerprint density at radius 2 is 1.69 bits per heavy atom. The maximum absolute atomic E-state index is 11.8. The van der Waals surface area contributed by atoms with Crippen molar-refractivity contribution in [3.8, 4) is 0 Å². The second kappa shape index (κ2) is 9.38. The van der Waals surface area contributed by atoms with Crippen LogP contribution in [-0.4, -0.2) is 31.4 Å². The van der Waals surface area contributed by atoms with Gasteiger partial charge in [-0.15, -0.1) is 11.3 Å². The monoisotopic (exact) mass is 371 g/mol. The highest BCUT2D eigenvalue weighted by molar-refractivity contribution is 7.09. The van der Waals surface area contributed by atoms with E-state index in [0.29, 0.717) is 19.5 Å². The van der Waals surface area contributed by atoms with Crippen LogP contribution in [0.4, 0.5) is 5.69 Å². The summed E-state index contributed by atoms with van der Waals surface area (Å²) in [7, 11) is 0. The lowest BCUT2D eigenvalue weighted by atomic mass is 10.1. The molecule has 0 unspecified atom stereocenters. The van der Waals surface area contributed by atoms with E-state index in [-0.39, 0.29) is 0 Å². The van der Waals surface area contributed by atoms with Gasteiger partial charge in [-0.05, 0) is 54.8 Å². The molecule has 3 rings (SSSR count). The van der Waals surface area contributed by atoms with Crippen LogP contribution in [0.2, 0.25) is 0 Å². The number of piperidine rings is 1. The molecule has 0 spiro atoms. The topological polar surface area (TPSA) is 61.4 Å². The minimum absolute atomic E-state index is 0.391. The number of benzene rings is 1. The summed E-state index contributed by atoms with van der Waals surface area (Å²) in [6, 6.07) is 12.4. The number of carbonyl (C=O) groups is 2. The number of hydrogen-bond donors (Lipinski definition) is 2. The Hall–Kier alpha value is -2.34. The fourth-order valence-corrected chi connectivity index (χ4v) is 3.73. The molecule has 0 saturated carbocycles. The summed E-state index contributed by atoms with van der Waals surface area (Å²) in [6.45, 7) is 3.11. The summed E-state index contributed by atoms with van der Waals surface area (Å²) in [5, 5.41) is 7.25. The van der Waals surface area contributed by atoms with E-state index in [0.717, 1.165) is 23.5 Å². The van der Waals surface area contributed by atoms with Crippen LogP contribution in [0.3, 0.4) is 0 Å². The van der Waals surface area contributed by atoms with Crippen LogP contribution in [0.1, 0.15) is 29.7 Å². The zero-order chi connectivity index (χ0) is 18.2. The van der Waals surface area contributed by atoms with E-state index in [1.807, 2.05) is 17.5 Å². The molecule has 2 heterocycles. The number of amides is 2. The molecule has 138 valence electrons. The van der Waals surface area contributed by atoms with Crippen molar-refractivity contribution in [1.82, 2.24) is 10.6 Å². The minimum atomic E-state index is -0.584. The molecule has 2 amide bonds. The predicted molar refractivity (Wildman–Crippen MR) is 105 cm³/mol. The average Bonchev–Trinajstić information content (AvgIpc) is 3.21. The first-order chi connectivity index (χ1) is 12.7. The van der Waals surface area contributed by atoms with Gasteiger partial charge in [0.25, 0.3) is 0 Å². The number of thiophene rings is 1. The number of nitrogens with one attached hydrogen (secondary N) is 2. The molecule has 0 aliphatic carbocycles. The first-order valence-electron chi connectivity index (χ1n) is 9.15. The fraction of sp³-hybridized carbons (Fsp3) is 0.400. The van der Waals surface area contributed by atoms with E-state index in [1.54, 1.807) is 11.3 Å². The first-order valence-corrected chi connectivity index (χ1v) is 10.0. The molecule has 2 N–H and O–H groups in total. The minimum Gasteiger partial charge on any atom is -0.372 e. The van der Waals surface area contributed by atoms with Gasteiger partial charge in [-0.1, -0.05) is 18.2 Å². The SMILES string of the molecule is O=C(NCCc1ccc(N2CCCCC2)cc1)C(=O)NCc1cccs1. The molecule has 1 aliphatic rings. The molecule has 26 heavy (non-hydrogen) atoms. The second-order valence-electron chi connectivity index (χ2n) is 6.48. The number of carbonyl (C=O) groups excluding carboxylic acids is 2. The van der Waals surface area contributed by atoms with Crippen LogP contribution in [0.15, 0.2) is 41.8 Å². The Bertz CT molecular complexity index is 707. The summed E-state index contributed by atoms with van der Waals surface area (Å²) >= 11 is 1.55. The Morgan fingerprint density at radius 3 is 2.38 bits per heavy atom. The standard InChI is InChI=1S/C20H25N3O2S/c24-19(20(25)22-15-18-5-4-14-26-18)21-11-10-16-6-8-17(9-7-16)23-12-2-1-3-13-23/h4-9,14H,1-3,10-13,15H2,(H,21,24)(H,22,25). The lowest BCUT2D eigenvalue weighted by molar-refractivity contribution is -0.139. The summed E-state index contributed by atoms with van der Waals surface area (Å²) in [4.78, 5) is 27.1. The molecular formula is C20H25N3O2S. The molecule has 1 aromatic heterocycles. The molecule has 1 aliphatic heterocycles. The van der Waals surface area contributed by atoms with Crippen LogP contribution in [0.25, 0.3) is 0 Å². The summed E-state index contributed by atoms with van der Waals surface area (Å²) in [5.41, 5.74) is 2.43. The number of anilines is 1. The van der Waals surface area contributed by atoms with Gasteiger partial charge in [0, 0.05) is 30.2 Å². The third-order valence-electron chi connectivity index (χ3n) is 4.57. The van der Waals surface area contributed by atoms with Crippen LogP contribution >= 0.6 is 11.3 Å². The van der Waals surface area contributed by atoms with Crippen LogP contribution in [0.5, 0.6) is 0 Å². The van der Waals surface area contributed by atoms with E-state index in [2.05, 4.69) is 39.8 Å². The fourth-order valence-electron chi connectivity index (χ4n) is 3.09. The highest BCUT2D eigenvalue weighted by Gasteiger charge is 2.13. The molecule has 0 bridgehead atoms. The van der Waals surface area contributed by atoms with Crippen molar-refractivity contribution in [2.24, 2.45) is 0 Å². The van der Waals surface area contributed by atoms with Crippen LogP contribution < -0.4 is 15.5 Å². The maximum atomic E-state index is 11.8. The largest absolute Gasteiger partial charge is 0.372 e. The lowest BCUT2D eigenvalue weighted by Crippen LogP contribution is -2.40. The van der Waals surface area contributed by atoms with E-state index < -0.39 is 11.8 Å². The van der Waals surface area contributed by atoms with E-state index in [4.69, 9.17) is 0 Å². The second-order valence-corrected chi connectivity index (χ2v) is 7.51. The molecule has 6 heteroatoms. The molecule has 1 aromatic carbocycles. The van der Waals surface area contributed by atoms with Gasteiger partial charge in [-0.25, -0.2) is 0 Å². The Kier molecular flexibility index (Phi) is 6.66. The van der Waals surface area contributed by atoms with Gasteiger partial charge >= 0.3 is 11.8 Å². The molecule has 2 aromatic rings. The van der Waals surface area contributed by atoms with Gasteiger partial charge in [0.1, 0.15) is 0 Å². The zero-order valence-corrected chi connectivity index (χ0v) is 15.7. The van der Waals surface area contributed by atoms with E-state index in [9.17, 15) is 9.59 Å². The summed E-state index contributed by atoms with van der Waals surface area (Å²) in [5.74, 6) is -1.16. The first kappa shape index (κ1) is 18.5. The molecule has 0 atom stereocenters. The van der Waals surface area contributed by atoms with Gasteiger partial charge in [0.15, 0.2) is 0 Å². The Balaban J connectivity index is 1.38. The normalized spacial score (nSPS) is 14.1. The van der Waals surface area contributed by atoms with Gasteiger partial charge in [0.2, 0.25) is 0 Å².